The van der Waals surface area contributed by atoms with Crippen LogP contribution in [0.4, 0.5) is 0 Å². The molecule has 0 aromatic heterocycles. The average molecular weight is 289 g/mol. The number of hydrogen-bond donors (Lipinski definition) is 0. The molecule has 0 amide bonds. The Kier molecular flexibility index (Phi) is 7.72. The Labute approximate surface area is 66.9 Å². The van der Waals surface area contributed by atoms with Gasteiger partial charge in [-0.15, -0.1) is 0 Å². The molecule has 6 heteroatoms. The normalized spacial score (nSPS) is 10.0. The Morgan fingerprint density at radius 1 is 0.833 bits per heavy atom. The third kappa shape index (κ3) is 33.9. The van der Waals surface area contributed by atoms with Gasteiger partial charge in [0.05, 0.1) is 0 Å². The molecule has 0 spiro atoms. The number of halogens is 4. The number of rotatable bonds is 0. The van der Waals surface area contributed by atoms with Gasteiger partial charge in [0.1, 0.15) is 0 Å². The van der Waals surface area contributed by atoms with Crippen LogP contribution >= 0.6 is 40.0 Å². The molecule has 3 radical (unpaired) electrons. The van der Waals surface area contributed by atoms with Crippen molar-refractivity contribution < 1.29 is 0 Å². The summed E-state index contributed by atoms with van der Waals surface area (Å²) in [6.45, 7) is 0. The summed E-state index contributed by atoms with van der Waals surface area (Å²) >= 11 is 0. The molecule has 0 heterocycles. The Morgan fingerprint density at radius 2 is 0.833 bits per heavy atom. The molecule has 0 aliphatic heterocycles. The summed E-state index contributed by atoms with van der Waals surface area (Å²) in [5.41, 5.74) is 0. The molecule has 0 saturated carbocycles. The molecule has 6 heavy (non-hydrogen) atoms. The first-order chi connectivity index (χ1) is 2.00. The molecule has 0 N–H and O–H groups in total. The molecular weight excluding hydrogens is 289 g/mol. The minimum absolute atomic E-state index is 0. The molecule has 0 rings (SSSR count). The fourth-order valence-electron chi connectivity index (χ4n) is 0. The summed E-state index contributed by atoms with van der Waals surface area (Å²) < 4.78 is 0. The van der Waals surface area contributed by atoms with Crippen LogP contribution in [-0.2, 0) is 0 Å². The van der Waals surface area contributed by atoms with E-state index in [-0.39, 0.29) is 18.0 Å². The predicted octanol–water partition coefficient (Wildman–Crippen LogP) is 2.00. The Morgan fingerprint density at radius 3 is 0.833 bits per heavy atom. The molecule has 0 fully saturated rings. The van der Waals surface area contributed by atoms with E-state index in [4.69, 9.17) is 40.0 Å². The van der Waals surface area contributed by atoms with Crippen molar-refractivity contribution in [2.24, 2.45) is 0 Å². The summed E-state index contributed by atoms with van der Waals surface area (Å²) in [6.07, 6.45) is 0. The molecule has 0 aromatic rings. The fourth-order valence-corrected chi connectivity index (χ4v) is 0. The van der Waals surface area contributed by atoms with E-state index in [9.17, 15) is 0 Å². The summed E-state index contributed by atoms with van der Waals surface area (Å²) in [4.78, 5) is 0. The van der Waals surface area contributed by atoms with Gasteiger partial charge in [0.25, 0.3) is 0 Å². The molecule has 0 aliphatic carbocycles. The average Bonchev–Trinajstić information content (AvgIpc) is 0.722. The minimum atomic E-state index is -3.11. The van der Waals surface area contributed by atoms with Gasteiger partial charge in [-0.3, -0.25) is 0 Å². The van der Waals surface area contributed by atoms with Gasteiger partial charge in [0, 0.05) is 18.0 Å². The van der Waals surface area contributed by atoms with Gasteiger partial charge in [-0.2, -0.15) is 0 Å². The summed E-state index contributed by atoms with van der Waals surface area (Å²) in [5, 5.41) is 0. The summed E-state index contributed by atoms with van der Waals surface area (Å²) in [7, 11) is 16.9. The van der Waals surface area contributed by atoms with E-state index in [2.05, 4.69) is 0 Å². The van der Waals surface area contributed by atoms with Crippen LogP contribution in [0.2, 0.25) is 0 Å². The van der Waals surface area contributed by atoms with E-state index in [0.29, 0.717) is 0 Å². The molecule has 0 unspecified atom stereocenters. The molecule has 37 valence electrons. The van der Waals surface area contributed by atoms with Gasteiger partial charge in [-0.05, 0) is 0 Å². The molecule has 0 bridgehead atoms. The van der Waals surface area contributed by atoms with Crippen molar-refractivity contribution in [3.05, 3.63) is 0 Å². The quantitative estimate of drug-likeness (QED) is 0.598. The van der Waals surface area contributed by atoms with E-state index < -0.39 is 9.55 Å². The van der Waals surface area contributed by atoms with Crippen molar-refractivity contribution in [3.63, 3.8) is 0 Å². The first-order valence-electron chi connectivity index (χ1n) is 0.756. The molecule has 0 saturated heterocycles. The van der Waals surface area contributed by atoms with Crippen LogP contribution in [0, 0.1) is 0 Å². The zero-order chi connectivity index (χ0) is 4.50. The van der Waals surface area contributed by atoms with Crippen molar-refractivity contribution in [1.82, 2.24) is 0 Å². The van der Waals surface area contributed by atoms with Crippen molar-refractivity contribution in [2.45, 2.75) is 0 Å². The van der Waals surface area contributed by atoms with Crippen molar-refractivity contribution in [1.29, 1.82) is 0 Å². The second kappa shape index (κ2) is 4.17. The first kappa shape index (κ1) is 11.1. The summed E-state index contributed by atoms with van der Waals surface area (Å²) in [6, 6.07) is 0. The standard InChI is InChI=1S/As.Cl4Ge/c;1-5(2,3)4. The molecule has 0 aliphatic rings. The van der Waals surface area contributed by atoms with E-state index in [1.54, 1.807) is 0 Å². The zero-order valence-corrected chi connectivity index (χ0v) is 9.46. The van der Waals surface area contributed by atoms with Gasteiger partial charge < -0.3 is 0 Å². The van der Waals surface area contributed by atoms with Crippen molar-refractivity contribution >= 4 is 67.5 Å². The van der Waals surface area contributed by atoms with Gasteiger partial charge in [0.15, 0.2) is 0 Å². The molecule has 0 nitrogen and oxygen atoms in total. The molecule has 0 aromatic carbocycles. The van der Waals surface area contributed by atoms with Gasteiger partial charge in [-0.25, -0.2) is 0 Å². The van der Waals surface area contributed by atoms with Crippen LogP contribution in [0.3, 0.4) is 0 Å². The Hall–Kier alpha value is 2.26. The van der Waals surface area contributed by atoms with Crippen LogP contribution in [0.25, 0.3) is 0 Å². The predicted molar refractivity (Wildman–Crippen MR) is 34.9 cm³/mol. The van der Waals surface area contributed by atoms with Crippen LogP contribution in [0.1, 0.15) is 0 Å². The van der Waals surface area contributed by atoms with Crippen LogP contribution < -0.4 is 0 Å². The van der Waals surface area contributed by atoms with Gasteiger partial charge >= 0.3 is 49.6 Å². The fraction of sp³-hybridized carbons (Fsp3) is 0. The maximum absolute atomic E-state index is 5.01. The van der Waals surface area contributed by atoms with E-state index in [0.717, 1.165) is 0 Å². The monoisotopic (exact) mass is 289 g/mol. The van der Waals surface area contributed by atoms with E-state index in [1.165, 1.54) is 0 Å². The van der Waals surface area contributed by atoms with Crippen LogP contribution in [0.5, 0.6) is 0 Å². The topological polar surface area (TPSA) is 0 Å². The Bertz CT molecular complexity index is 23.0. The molecular formula is AsCl4Ge. The SMILES string of the molecule is [As].[Cl][Ge]([Cl])([Cl])[Cl]. The molecule has 0 atom stereocenters. The van der Waals surface area contributed by atoms with Gasteiger partial charge in [-0.1, -0.05) is 0 Å². The third-order valence-corrected chi connectivity index (χ3v) is 0. The number of hydrogen-bond acceptors (Lipinski definition) is 0. The van der Waals surface area contributed by atoms with E-state index >= 15 is 0 Å². The van der Waals surface area contributed by atoms with Gasteiger partial charge in [0.2, 0.25) is 0 Å². The zero-order valence-electron chi connectivity index (χ0n) is 2.46. The maximum atomic E-state index is 5.01. The van der Waals surface area contributed by atoms with Crippen molar-refractivity contribution in [2.75, 3.05) is 0 Å². The van der Waals surface area contributed by atoms with Crippen molar-refractivity contribution in [3.8, 4) is 0 Å². The second-order valence-electron chi connectivity index (χ2n) is 0.429. The van der Waals surface area contributed by atoms with E-state index in [1.807, 2.05) is 0 Å². The Balaban J connectivity index is 0. The van der Waals surface area contributed by atoms with Crippen LogP contribution in [0.15, 0.2) is 0 Å². The summed E-state index contributed by atoms with van der Waals surface area (Å²) in [5.74, 6) is 0. The first-order valence-corrected chi connectivity index (χ1v) is 11.8. The van der Waals surface area contributed by atoms with Crippen LogP contribution in [-0.4, -0.2) is 27.5 Å². The third-order valence-electron chi connectivity index (χ3n) is 0. The second-order valence-corrected chi connectivity index (χ2v) is 20.0.